The van der Waals surface area contributed by atoms with Crippen molar-refractivity contribution in [2.45, 2.75) is 186 Å². The number of allylic oxidation sites excluding steroid dienone is 2. The van der Waals surface area contributed by atoms with Crippen molar-refractivity contribution < 1.29 is 67.6 Å². The number of likely N-dealkylation sites (N-methyl/N-ethyl adjacent to an activating group) is 1. The molecule has 2 saturated heterocycles. The maximum Gasteiger partial charge on any atom is 0.309 e. The molecule has 3 aliphatic rings. The molecule has 3 heterocycles. The Morgan fingerprint density at radius 1 is 0.929 bits per heavy atom. The molecule has 56 heavy (non-hydrogen) atoms. The fourth-order valence-corrected chi connectivity index (χ4v) is 7.86. The third kappa shape index (κ3) is 13.0. The number of aliphatic hydroxyl groups excluding tert-OH is 2. The van der Waals surface area contributed by atoms with Gasteiger partial charge in [0.05, 0.1) is 36.9 Å². The molecular formula is C41H69NO14. The highest BCUT2D eigenvalue weighted by Crippen LogP contribution is 2.38. The zero-order valence-electron chi connectivity index (χ0n) is 35.2. The lowest BCUT2D eigenvalue weighted by atomic mass is 9.82. The zero-order chi connectivity index (χ0) is 41.9. The standard InChI is InChI=1S/C41H69NO14/c1-12-27-20-23(4)28(43)19-17-15-16-18-24(5)50-32(46)21-29(53-30(44)13-2)38(49-11)37(27)56-40-35(47)34(42(9)10)36(25(6)52-40)55-33-22-41(8,48)39(26(7)51-33)54-31(45)14-3/h15-17,19,23-29,33-40,43,47-48H,12-14,18,20-22H2,1-11H3/b16-15+,19-17+/t23-,24-,25+,26+,27+,28+,29-,33-,34-,35+,36-,37+,38+,39+,40+,41-/m1/s1. The Kier molecular flexibility index (Phi) is 18.9. The number of methoxy groups -OCH3 is 1. The van der Waals surface area contributed by atoms with E-state index in [4.69, 9.17) is 37.9 Å². The zero-order valence-corrected chi connectivity index (χ0v) is 35.2. The Balaban J connectivity index is 1.98. The quantitative estimate of drug-likeness (QED) is 0.203. The minimum atomic E-state index is -1.46. The van der Waals surface area contributed by atoms with Gasteiger partial charge in [0, 0.05) is 32.8 Å². The number of aliphatic hydroxyl groups is 3. The van der Waals surface area contributed by atoms with Crippen LogP contribution < -0.4 is 0 Å². The van der Waals surface area contributed by atoms with Gasteiger partial charge in [-0.1, -0.05) is 58.4 Å². The molecule has 0 radical (unpaired) electrons. The molecule has 15 nitrogen and oxygen atoms in total. The molecule has 0 unspecified atom stereocenters. The first-order chi connectivity index (χ1) is 26.4. The number of nitrogens with zero attached hydrogens (tertiary/aromatic N) is 1. The van der Waals surface area contributed by atoms with Crippen molar-refractivity contribution >= 4 is 17.9 Å². The highest BCUT2D eigenvalue weighted by molar-refractivity contribution is 5.72. The van der Waals surface area contributed by atoms with Crippen LogP contribution in [0, 0.1) is 11.8 Å². The highest BCUT2D eigenvalue weighted by atomic mass is 16.7. The van der Waals surface area contributed by atoms with E-state index in [0.717, 1.165) is 0 Å². The summed E-state index contributed by atoms with van der Waals surface area (Å²) in [5.74, 6) is -2.16. The predicted octanol–water partition coefficient (Wildman–Crippen LogP) is 3.59. The fraction of sp³-hybridized carbons (Fsp3) is 0.829. The van der Waals surface area contributed by atoms with Gasteiger partial charge in [-0.2, -0.15) is 0 Å². The lowest BCUT2D eigenvalue weighted by molar-refractivity contribution is -0.344. The molecule has 0 aromatic carbocycles. The summed E-state index contributed by atoms with van der Waals surface area (Å²) in [5, 5.41) is 34.5. The van der Waals surface area contributed by atoms with Gasteiger partial charge in [0.1, 0.15) is 36.1 Å². The maximum atomic E-state index is 13.3. The molecule has 0 spiro atoms. The first-order valence-electron chi connectivity index (χ1n) is 20.2. The molecule has 322 valence electrons. The smallest absolute Gasteiger partial charge is 0.309 e. The average molecular weight is 800 g/mol. The second-order valence-electron chi connectivity index (χ2n) is 16.0. The Morgan fingerprint density at radius 3 is 2.18 bits per heavy atom. The number of carbonyl (C=O) groups excluding carboxylic acids is 3. The second-order valence-corrected chi connectivity index (χ2v) is 16.0. The lowest BCUT2D eigenvalue weighted by Crippen LogP contribution is -2.66. The van der Waals surface area contributed by atoms with Crippen molar-refractivity contribution in [1.29, 1.82) is 0 Å². The molecule has 0 saturated carbocycles. The van der Waals surface area contributed by atoms with Crippen LogP contribution in [0.15, 0.2) is 24.3 Å². The Bertz CT molecular complexity index is 1310. The molecule has 0 aliphatic carbocycles. The Labute approximate surface area is 332 Å². The first kappa shape index (κ1) is 47.9. The summed E-state index contributed by atoms with van der Waals surface area (Å²) in [6, 6.07) is -0.709. The Hall–Kier alpha value is -2.47. The lowest BCUT2D eigenvalue weighted by Gasteiger charge is -2.50. The molecule has 16 atom stereocenters. The maximum absolute atomic E-state index is 13.3. The predicted molar refractivity (Wildman–Crippen MR) is 205 cm³/mol. The topological polar surface area (TPSA) is 189 Å². The van der Waals surface area contributed by atoms with Crippen molar-refractivity contribution in [1.82, 2.24) is 4.90 Å². The van der Waals surface area contributed by atoms with Gasteiger partial charge in [-0.25, -0.2) is 0 Å². The van der Waals surface area contributed by atoms with Crippen molar-refractivity contribution in [3.63, 3.8) is 0 Å². The third-order valence-electron chi connectivity index (χ3n) is 11.0. The van der Waals surface area contributed by atoms with Crippen LogP contribution in [0.1, 0.15) is 100 Å². The van der Waals surface area contributed by atoms with Crippen LogP contribution in [0.4, 0.5) is 0 Å². The minimum absolute atomic E-state index is 0.0112. The van der Waals surface area contributed by atoms with Crippen LogP contribution in [-0.4, -0.2) is 145 Å². The van der Waals surface area contributed by atoms with Gasteiger partial charge in [0.2, 0.25) is 0 Å². The highest BCUT2D eigenvalue weighted by Gasteiger charge is 2.53. The van der Waals surface area contributed by atoms with Gasteiger partial charge < -0.3 is 58.1 Å². The number of hydrogen-bond donors (Lipinski definition) is 3. The average Bonchev–Trinajstić information content (AvgIpc) is 3.12. The third-order valence-corrected chi connectivity index (χ3v) is 11.0. The fourth-order valence-electron chi connectivity index (χ4n) is 7.86. The van der Waals surface area contributed by atoms with E-state index >= 15 is 0 Å². The van der Waals surface area contributed by atoms with E-state index in [-0.39, 0.29) is 37.5 Å². The van der Waals surface area contributed by atoms with Gasteiger partial charge in [-0.05, 0) is 60.0 Å². The van der Waals surface area contributed by atoms with Crippen molar-refractivity contribution in [2.24, 2.45) is 11.8 Å². The van der Waals surface area contributed by atoms with Crippen LogP contribution in [0.2, 0.25) is 0 Å². The molecule has 3 N–H and O–H groups in total. The summed E-state index contributed by atoms with van der Waals surface area (Å²) in [7, 11) is 5.02. The van der Waals surface area contributed by atoms with Gasteiger partial charge in [0.25, 0.3) is 0 Å². The van der Waals surface area contributed by atoms with Crippen LogP contribution in [0.25, 0.3) is 0 Å². The first-order valence-corrected chi connectivity index (χ1v) is 20.2. The van der Waals surface area contributed by atoms with Crippen LogP contribution >= 0.6 is 0 Å². The minimum Gasteiger partial charge on any atom is -0.462 e. The normalized spacial score (nSPS) is 41.7. The van der Waals surface area contributed by atoms with E-state index in [0.29, 0.717) is 19.3 Å². The van der Waals surface area contributed by atoms with Gasteiger partial charge in [-0.15, -0.1) is 0 Å². The summed E-state index contributed by atoms with van der Waals surface area (Å²) in [5.41, 5.74) is -1.46. The SMILES string of the molecule is CCC(=O)O[C@@H]1CC(=O)O[C@H](C)C/C=C/C=C/[C@H](O)[C@H](C)C[C@H](CC)[C@H](O[C@@H]2O[C@@H](C)[C@@H](O[C@@H]3C[C@@](C)(O)[C@@H](OC(=O)CC)[C@H](C)O3)[C@H](N(C)C)[C@@H]2O)[C@H]1OC. The number of cyclic esters (lactones) is 1. The molecule has 15 heteroatoms. The molecule has 0 bridgehead atoms. The number of carbonyl (C=O) groups is 3. The molecule has 0 aromatic rings. The molecular weight excluding hydrogens is 730 g/mol. The van der Waals surface area contributed by atoms with E-state index in [1.54, 1.807) is 78.8 Å². The van der Waals surface area contributed by atoms with E-state index in [1.807, 2.05) is 19.9 Å². The summed E-state index contributed by atoms with van der Waals surface area (Å²) < 4.78 is 48.9. The van der Waals surface area contributed by atoms with Crippen molar-refractivity contribution in [2.75, 3.05) is 21.2 Å². The molecule has 0 aromatic heterocycles. The molecule has 3 aliphatic heterocycles. The van der Waals surface area contributed by atoms with Crippen molar-refractivity contribution in [3.05, 3.63) is 24.3 Å². The number of hydrogen-bond acceptors (Lipinski definition) is 15. The summed E-state index contributed by atoms with van der Waals surface area (Å²) in [4.78, 5) is 40.0. The largest absolute Gasteiger partial charge is 0.462 e. The molecule has 0 amide bonds. The number of ether oxygens (including phenoxy) is 8. The van der Waals surface area contributed by atoms with Crippen LogP contribution in [0.5, 0.6) is 0 Å². The van der Waals surface area contributed by atoms with E-state index in [9.17, 15) is 29.7 Å². The molecule has 3 rings (SSSR count). The Morgan fingerprint density at radius 2 is 1.59 bits per heavy atom. The van der Waals surface area contributed by atoms with Crippen molar-refractivity contribution in [3.8, 4) is 0 Å². The summed E-state index contributed by atoms with van der Waals surface area (Å²) in [6.45, 7) is 14.0. The van der Waals surface area contributed by atoms with Crippen LogP contribution in [-0.2, 0) is 52.3 Å². The number of esters is 3. The molecule has 2 fully saturated rings. The monoisotopic (exact) mass is 799 g/mol. The van der Waals surface area contributed by atoms with Gasteiger partial charge >= 0.3 is 17.9 Å². The van der Waals surface area contributed by atoms with Crippen LogP contribution in [0.3, 0.4) is 0 Å². The van der Waals surface area contributed by atoms with Gasteiger partial charge in [-0.3, -0.25) is 14.4 Å². The summed E-state index contributed by atoms with van der Waals surface area (Å²) >= 11 is 0. The van der Waals surface area contributed by atoms with E-state index in [2.05, 4.69) is 0 Å². The van der Waals surface area contributed by atoms with E-state index in [1.165, 1.54) is 7.11 Å². The van der Waals surface area contributed by atoms with E-state index < -0.39 is 103 Å². The second kappa shape index (κ2) is 22.1. The number of rotatable bonds is 11. The summed E-state index contributed by atoms with van der Waals surface area (Å²) in [6.07, 6.45) is -2.42. The van der Waals surface area contributed by atoms with Gasteiger partial charge in [0.15, 0.2) is 18.7 Å².